The number of benzene rings is 1. The zero-order valence-electron chi connectivity index (χ0n) is 18.7. The molecule has 0 radical (unpaired) electrons. The van der Waals surface area contributed by atoms with Gasteiger partial charge in [0.15, 0.2) is 0 Å². The van der Waals surface area contributed by atoms with Crippen molar-refractivity contribution in [3.63, 3.8) is 0 Å². The summed E-state index contributed by atoms with van der Waals surface area (Å²) in [5.74, 6) is 1.59. The second kappa shape index (κ2) is 9.88. The molecule has 1 atom stereocenters. The molecule has 34 heavy (non-hydrogen) atoms. The second-order valence-corrected chi connectivity index (χ2v) is 10.1. The fraction of sp³-hybridized carbons (Fsp3) is 0.455. The highest BCUT2D eigenvalue weighted by Gasteiger charge is 2.28. The molecule has 0 spiro atoms. The standard InChI is InChI=1S/C22H25BrN6O4S/c1-32-19-17(20-25-15-11-13(23)4-5-16(15)34-20)18(24-14-3-2-6-29(12-14)22(30)31)26-21(27-19)28-7-9-33-10-8-28/h4-5,11,14H,2-3,6-10,12H2,1H3,(H,30,31)(H,24,26,27)/t14-/m1/s1. The molecule has 10 nitrogen and oxygen atoms in total. The fourth-order valence-corrected chi connectivity index (χ4v) is 5.58. The molecule has 0 unspecified atom stereocenters. The largest absolute Gasteiger partial charge is 0.480 e. The number of hydrogen-bond acceptors (Lipinski definition) is 9. The molecule has 2 saturated heterocycles. The van der Waals surface area contributed by atoms with E-state index in [4.69, 9.17) is 24.4 Å². The molecule has 3 aromatic rings. The maximum Gasteiger partial charge on any atom is 0.407 e. The Kier molecular flexibility index (Phi) is 6.70. The maximum atomic E-state index is 11.6. The van der Waals surface area contributed by atoms with E-state index >= 15 is 0 Å². The van der Waals surface area contributed by atoms with Crippen molar-refractivity contribution in [3.8, 4) is 16.5 Å². The Balaban J connectivity index is 1.58. The van der Waals surface area contributed by atoms with Crippen LogP contribution in [-0.4, -0.2) is 83.6 Å². The van der Waals surface area contributed by atoms with E-state index in [0.717, 1.165) is 32.5 Å². The first-order chi connectivity index (χ1) is 16.5. The molecule has 2 aliphatic heterocycles. The van der Waals surface area contributed by atoms with Crippen LogP contribution in [-0.2, 0) is 4.74 Å². The number of rotatable bonds is 5. The van der Waals surface area contributed by atoms with Gasteiger partial charge in [-0.15, -0.1) is 11.3 Å². The highest BCUT2D eigenvalue weighted by Crippen LogP contribution is 2.41. The molecule has 2 aromatic heterocycles. The fourth-order valence-electron chi connectivity index (χ4n) is 4.25. The van der Waals surface area contributed by atoms with Crippen molar-refractivity contribution in [2.45, 2.75) is 18.9 Å². The van der Waals surface area contributed by atoms with Crippen molar-refractivity contribution in [3.05, 3.63) is 22.7 Å². The van der Waals surface area contributed by atoms with E-state index in [9.17, 15) is 9.90 Å². The number of carboxylic acid groups (broad SMARTS) is 1. The molecule has 5 rings (SSSR count). The number of nitrogens with zero attached hydrogens (tertiary/aromatic N) is 5. The summed E-state index contributed by atoms with van der Waals surface area (Å²) in [4.78, 5) is 29.5. The smallest absolute Gasteiger partial charge is 0.407 e. The van der Waals surface area contributed by atoms with E-state index in [-0.39, 0.29) is 6.04 Å². The summed E-state index contributed by atoms with van der Waals surface area (Å²) >= 11 is 5.05. The number of nitrogens with one attached hydrogen (secondary N) is 1. The number of morpholine rings is 1. The molecule has 0 saturated carbocycles. The molecule has 0 aliphatic carbocycles. The summed E-state index contributed by atoms with van der Waals surface area (Å²) in [5.41, 5.74) is 1.55. The van der Waals surface area contributed by atoms with E-state index in [1.54, 1.807) is 18.4 Å². The molecular weight excluding hydrogens is 524 g/mol. The minimum Gasteiger partial charge on any atom is -0.480 e. The quantitative estimate of drug-likeness (QED) is 0.489. The minimum atomic E-state index is -0.905. The number of methoxy groups -OCH3 is 1. The summed E-state index contributed by atoms with van der Waals surface area (Å²) in [6.45, 7) is 3.53. The Morgan fingerprint density at radius 1 is 1.26 bits per heavy atom. The molecule has 180 valence electrons. The zero-order valence-corrected chi connectivity index (χ0v) is 21.1. The van der Waals surface area contributed by atoms with Crippen molar-refractivity contribution >= 4 is 55.3 Å². The Morgan fingerprint density at radius 2 is 2.09 bits per heavy atom. The van der Waals surface area contributed by atoms with E-state index in [1.165, 1.54) is 4.90 Å². The van der Waals surface area contributed by atoms with Gasteiger partial charge in [0.1, 0.15) is 16.4 Å². The lowest BCUT2D eigenvalue weighted by atomic mass is 10.1. The molecule has 1 aromatic carbocycles. The van der Waals surface area contributed by atoms with Gasteiger partial charge in [-0.1, -0.05) is 15.9 Å². The van der Waals surface area contributed by atoms with Crippen molar-refractivity contribution in [1.29, 1.82) is 0 Å². The summed E-state index contributed by atoms with van der Waals surface area (Å²) in [6.07, 6.45) is 0.722. The van der Waals surface area contributed by atoms with Gasteiger partial charge in [-0.25, -0.2) is 9.78 Å². The summed E-state index contributed by atoms with van der Waals surface area (Å²) in [5, 5.41) is 13.7. The predicted octanol–water partition coefficient (Wildman–Crippen LogP) is 3.92. The van der Waals surface area contributed by atoms with E-state index in [2.05, 4.69) is 26.1 Å². The normalized spacial score (nSPS) is 18.8. The molecule has 0 bridgehead atoms. The Bertz CT molecular complexity index is 1200. The van der Waals surface area contributed by atoms with Crippen LogP contribution in [0.1, 0.15) is 12.8 Å². The highest BCUT2D eigenvalue weighted by atomic mass is 79.9. The van der Waals surface area contributed by atoms with Crippen molar-refractivity contribution in [2.24, 2.45) is 0 Å². The van der Waals surface area contributed by atoms with Crippen molar-refractivity contribution < 1.29 is 19.4 Å². The van der Waals surface area contributed by atoms with Gasteiger partial charge in [-0.2, -0.15) is 9.97 Å². The first-order valence-electron chi connectivity index (χ1n) is 11.1. The first kappa shape index (κ1) is 23.1. The molecule has 2 N–H and O–H groups in total. The van der Waals surface area contributed by atoms with Crippen LogP contribution in [0.5, 0.6) is 5.88 Å². The van der Waals surface area contributed by atoms with Gasteiger partial charge in [0.25, 0.3) is 0 Å². The van der Waals surface area contributed by atoms with Gasteiger partial charge in [-0.3, -0.25) is 0 Å². The van der Waals surface area contributed by atoms with Crippen LogP contribution in [0.3, 0.4) is 0 Å². The average molecular weight is 549 g/mol. The van der Waals surface area contributed by atoms with Gasteiger partial charge in [-0.05, 0) is 31.0 Å². The SMILES string of the molecule is COc1nc(N2CCOCC2)nc(N[C@@H]2CCCN(C(=O)O)C2)c1-c1nc2cc(Br)ccc2s1. The molecule has 1 amide bonds. The van der Waals surface area contributed by atoms with Gasteiger partial charge < -0.3 is 29.7 Å². The molecule has 2 fully saturated rings. The summed E-state index contributed by atoms with van der Waals surface area (Å²) in [7, 11) is 1.59. The number of ether oxygens (including phenoxy) is 2. The van der Waals surface area contributed by atoms with E-state index in [1.807, 2.05) is 18.2 Å². The van der Waals surface area contributed by atoms with E-state index < -0.39 is 6.09 Å². The Labute approximate surface area is 209 Å². The van der Waals surface area contributed by atoms with E-state index in [0.29, 0.717) is 62.6 Å². The van der Waals surface area contributed by atoms with Crippen LogP contribution < -0.4 is 15.0 Å². The topological polar surface area (TPSA) is 113 Å². The lowest BCUT2D eigenvalue weighted by Crippen LogP contribution is -2.44. The summed E-state index contributed by atoms with van der Waals surface area (Å²) < 4.78 is 13.2. The number of carbonyl (C=O) groups is 1. The molecule has 12 heteroatoms. The molecule has 2 aliphatic rings. The lowest BCUT2D eigenvalue weighted by Gasteiger charge is -2.32. The Hall–Kier alpha value is -2.70. The van der Waals surface area contributed by atoms with Crippen molar-refractivity contribution in [1.82, 2.24) is 19.9 Å². The average Bonchev–Trinajstić information content (AvgIpc) is 3.26. The lowest BCUT2D eigenvalue weighted by molar-refractivity contribution is 0.122. The van der Waals surface area contributed by atoms with Crippen LogP contribution in [0.15, 0.2) is 22.7 Å². The van der Waals surface area contributed by atoms with Crippen LogP contribution in [0.4, 0.5) is 16.6 Å². The second-order valence-electron chi connectivity index (χ2n) is 8.20. The summed E-state index contributed by atoms with van der Waals surface area (Å²) in [6, 6.07) is 5.91. The van der Waals surface area contributed by atoms with Crippen LogP contribution >= 0.6 is 27.3 Å². The number of halogens is 1. The number of amides is 1. The Morgan fingerprint density at radius 3 is 2.85 bits per heavy atom. The maximum absolute atomic E-state index is 11.6. The first-order valence-corrected chi connectivity index (χ1v) is 12.7. The number of anilines is 2. The van der Waals surface area contributed by atoms with Crippen LogP contribution in [0.2, 0.25) is 0 Å². The number of fused-ring (bicyclic) bond motifs is 1. The number of piperidine rings is 1. The van der Waals surface area contributed by atoms with Gasteiger partial charge in [0, 0.05) is 36.7 Å². The third-order valence-electron chi connectivity index (χ3n) is 5.95. The third-order valence-corrected chi connectivity index (χ3v) is 7.49. The number of likely N-dealkylation sites (tertiary alicyclic amines) is 1. The zero-order chi connectivity index (χ0) is 23.7. The number of aromatic nitrogens is 3. The highest BCUT2D eigenvalue weighted by molar-refractivity contribution is 9.10. The van der Waals surface area contributed by atoms with Crippen molar-refractivity contribution in [2.75, 3.05) is 56.7 Å². The molecular formula is C22H25BrN6O4S. The van der Waals surface area contributed by atoms with Gasteiger partial charge in [0.05, 0.1) is 30.5 Å². The predicted molar refractivity (Wildman–Crippen MR) is 134 cm³/mol. The van der Waals surface area contributed by atoms with Crippen LogP contribution in [0, 0.1) is 0 Å². The number of hydrogen-bond donors (Lipinski definition) is 2. The monoisotopic (exact) mass is 548 g/mol. The van der Waals surface area contributed by atoms with Crippen LogP contribution in [0.25, 0.3) is 20.8 Å². The third kappa shape index (κ3) is 4.75. The van der Waals surface area contributed by atoms with Gasteiger partial charge in [0.2, 0.25) is 11.8 Å². The minimum absolute atomic E-state index is 0.0794. The number of thiazole rings is 1. The molecule has 4 heterocycles. The van der Waals surface area contributed by atoms with Gasteiger partial charge >= 0.3 is 6.09 Å².